The summed E-state index contributed by atoms with van der Waals surface area (Å²) in [6.45, 7) is 12.6. The molecular formula is C19H27BO4Si. The first-order valence-electron chi connectivity index (χ1n) is 8.77. The third kappa shape index (κ3) is 3.43. The van der Waals surface area contributed by atoms with Crippen LogP contribution in [0.1, 0.15) is 27.7 Å². The summed E-state index contributed by atoms with van der Waals surface area (Å²) in [7, 11) is 0.0630. The molecule has 134 valence electrons. The smallest absolute Gasteiger partial charge is 0.494 e. The van der Waals surface area contributed by atoms with Gasteiger partial charge in [-0.25, -0.2) is 0 Å². The molecule has 0 bridgehead atoms. The fourth-order valence-corrected chi connectivity index (χ4v) is 3.61. The molecule has 0 aromatic heterocycles. The van der Waals surface area contributed by atoms with Crippen LogP contribution in [0.5, 0.6) is 11.5 Å². The predicted molar refractivity (Wildman–Crippen MR) is 106 cm³/mol. The number of ether oxygens (including phenoxy) is 1. The molecule has 0 N–H and O–H groups in total. The summed E-state index contributed by atoms with van der Waals surface area (Å²) in [5.41, 5.74) is 0.305. The molecule has 3 rings (SSSR count). The van der Waals surface area contributed by atoms with Crippen LogP contribution in [-0.4, -0.2) is 34.5 Å². The topological polar surface area (TPSA) is 36.9 Å². The van der Waals surface area contributed by atoms with Crippen molar-refractivity contribution in [2.45, 2.75) is 52.0 Å². The number of fused-ring (bicyclic) bond motifs is 1. The molecular weight excluding hydrogens is 331 g/mol. The van der Waals surface area contributed by atoms with Gasteiger partial charge in [-0.1, -0.05) is 18.2 Å². The Labute approximate surface area is 152 Å². The number of methoxy groups -OCH3 is 1. The van der Waals surface area contributed by atoms with Gasteiger partial charge in [-0.3, -0.25) is 0 Å². The molecule has 4 nitrogen and oxygen atoms in total. The molecule has 0 spiro atoms. The minimum Gasteiger partial charge on any atom is -0.546 e. The summed E-state index contributed by atoms with van der Waals surface area (Å²) < 4.78 is 23.9. The van der Waals surface area contributed by atoms with Gasteiger partial charge >= 0.3 is 7.12 Å². The van der Waals surface area contributed by atoms with Crippen LogP contribution < -0.4 is 14.6 Å². The van der Waals surface area contributed by atoms with Crippen LogP contribution in [0.2, 0.25) is 13.1 Å². The maximum Gasteiger partial charge on any atom is 0.494 e. The third-order valence-electron chi connectivity index (χ3n) is 5.04. The number of benzene rings is 2. The zero-order valence-corrected chi connectivity index (χ0v) is 17.3. The average Bonchev–Trinajstić information content (AvgIpc) is 2.74. The van der Waals surface area contributed by atoms with Gasteiger partial charge in [-0.05, 0) is 57.7 Å². The van der Waals surface area contributed by atoms with Crippen LogP contribution in [0.15, 0.2) is 30.3 Å². The first kappa shape index (κ1) is 18.3. The van der Waals surface area contributed by atoms with E-state index in [0.29, 0.717) is 0 Å². The van der Waals surface area contributed by atoms with Gasteiger partial charge in [0.15, 0.2) is 0 Å². The summed E-state index contributed by atoms with van der Waals surface area (Å²) in [4.78, 5) is 0. The van der Waals surface area contributed by atoms with Crippen LogP contribution in [-0.2, 0) is 9.31 Å². The van der Waals surface area contributed by atoms with Crippen LogP contribution in [0, 0.1) is 0 Å². The van der Waals surface area contributed by atoms with Crippen LogP contribution in [0.25, 0.3) is 10.8 Å². The molecule has 1 heterocycles. The molecule has 6 heteroatoms. The second kappa shape index (κ2) is 6.34. The van der Waals surface area contributed by atoms with E-state index in [-0.39, 0.29) is 18.3 Å². The van der Waals surface area contributed by atoms with Crippen molar-refractivity contribution in [1.29, 1.82) is 0 Å². The lowest BCUT2D eigenvalue weighted by atomic mass is 9.78. The molecule has 0 amide bonds. The second-order valence-corrected chi connectivity index (χ2v) is 10.2. The summed E-state index contributed by atoms with van der Waals surface area (Å²) in [5, 5.41) is 2.15. The van der Waals surface area contributed by atoms with E-state index in [0.717, 1.165) is 27.7 Å². The normalized spacial score (nSPS) is 18.8. The van der Waals surface area contributed by atoms with Crippen LogP contribution in [0.4, 0.5) is 0 Å². The Morgan fingerprint density at radius 2 is 1.60 bits per heavy atom. The van der Waals surface area contributed by atoms with Crippen molar-refractivity contribution in [1.82, 2.24) is 0 Å². The van der Waals surface area contributed by atoms with E-state index in [1.165, 1.54) is 0 Å². The maximum atomic E-state index is 6.19. The quantitative estimate of drug-likeness (QED) is 0.784. The highest BCUT2D eigenvalue weighted by atomic mass is 28.3. The molecule has 0 aliphatic carbocycles. The fourth-order valence-electron chi connectivity index (χ4n) is 2.91. The van der Waals surface area contributed by atoms with E-state index in [1.807, 2.05) is 12.1 Å². The minimum absolute atomic E-state index is 0.350. The Morgan fingerprint density at radius 1 is 0.960 bits per heavy atom. The summed E-state index contributed by atoms with van der Waals surface area (Å²) in [6.07, 6.45) is 0. The minimum atomic E-state index is -1.24. The van der Waals surface area contributed by atoms with Crippen molar-refractivity contribution >= 4 is 32.4 Å². The molecule has 1 fully saturated rings. The Morgan fingerprint density at radius 3 is 2.16 bits per heavy atom. The maximum absolute atomic E-state index is 6.19. The summed E-state index contributed by atoms with van der Waals surface area (Å²) >= 11 is 0. The molecule has 1 aliphatic rings. The van der Waals surface area contributed by atoms with Gasteiger partial charge in [0, 0.05) is 11.5 Å². The van der Waals surface area contributed by atoms with Crippen LogP contribution >= 0.6 is 0 Å². The lowest BCUT2D eigenvalue weighted by molar-refractivity contribution is 0.00578. The van der Waals surface area contributed by atoms with Gasteiger partial charge in [0.1, 0.15) is 11.5 Å². The van der Waals surface area contributed by atoms with Crippen molar-refractivity contribution in [3.8, 4) is 11.5 Å². The number of rotatable bonds is 4. The standard InChI is InChI=1S/C19H27BO4Si/c1-18(2)19(3,4)24-20(23-18)14-9-8-13-10-15(21-5)12-17(16(13)11-14)22-25(6)7/h8-12,25H,1-7H3. The summed E-state index contributed by atoms with van der Waals surface area (Å²) in [6, 6.07) is 10.2. The van der Waals surface area contributed by atoms with E-state index in [4.69, 9.17) is 18.5 Å². The molecule has 0 saturated carbocycles. The first-order valence-corrected chi connectivity index (χ1v) is 11.5. The first-order chi connectivity index (χ1) is 11.6. The average molecular weight is 358 g/mol. The van der Waals surface area contributed by atoms with Crippen molar-refractivity contribution < 1.29 is 18.5 Å². The Kier molecular flexibility index (Phi) is 4.64. The SMILES string of the molecule is COc1cc(O[SiH](C)C)c2cc(B3OC(C)(C)C(C)(C)O3)ccc2c1. The van der Waals surface area contributed by atoms with Crippen molar-refractivity contribution in [3.05, 3.63) is 30.3 Å². The van der Waals surface area contributed by atoms with E-state index in [1.54, 1.807) is 7.11 Å². The Bertz CT molecular complexity index is 772. The summed E-state index contributed by atoms with van der Waals surface area (Å²) in [5.74, 6) is 1.68. The lowest BCUT2D eigenvalue weighted by Crippen LogP contribution is -2.41. The molecule has 0 unspecified atom stereocenters. The van der Waals surface area contributed by atoms with Gasteiger partial charge in [0.2, 0.25) is 9.04 Å². The zero-order chi connectivity index (χ0) is 18.4. The third-order valence-corrected chi connectivity index (χ3v) is 5.76. The van der Waals surface area contributed by atoms with Gasteiger partial charge in [-0.2, -0.15) is 0 Å². The van der Waals surface area contributed by atoms with Crippen molar-refractivity contribution in [2.24, 2.45) is 0 Å². The van der Waals surface area contributed by atoms with E-state index in [2.05, 4.69) is 59.0 Å². The van der Waals surface area contributed by atoms with Crippen molar-refractivity contribution in [2.75, 3.05) is 7.11 Å². The molecule has 25 heavy (non-hydrogen) atoms. The fraction of sp³-hybridized carbons (Fsp3) is 0.474. The lowest BCUT2D eigenvalue weighted by Gasteiger charge is -2.32. The molecule has 1 saturated heterocycles. The Hall–Kier alpha value is -1.50. The van der Waals surface area contributed by atoms with Crippen LogP contribution in [0.3, 0.4) is 0 Å². The van der Waals surface area contributed by atoms with E-state index in [9.17, 15) is 0 Å². The zero-order valence-electron chi connectivity index (χ0n) is 16.2. The molecule has 2 aromatic carbocycles. The largest absolute Gasteiger partial charge is 0.546 e. The van der Waals surface area contributed by atoms with E-state index >= 15 is 0 Å². The molecule has 0 atom stereocenters. The molecule has 1 aliphatic heterocycles. The van der Waals surface area contributed by atoms with Gasteiger partial charge < -0.3 is 18.5 Å². The molecule has 2 aromatic rings. The number of hydrogen-bond acceptors (Lipinski definition) is 4. The number of hydrogen-bond donors (Lipinski definition) is 0. The molecule has 0 radical (unpaired) electrons. The highest BCUT2D eigenvalue weighted by Gasteiger charge is 2.51. The van der Waals surface area contributed by atoms with Gasteiger partial charge in [0.05, 0.1) is 18.3 Å². The monoisotopic (exact) mass is 358 g/mol. The van der Waals surface area contributed by atoms with Crippen molar-refractivity contribution in [3.63, 3.8) is 0 Å². The second-order valence-electron chi connectivity index (χ2n) is 7.86. The van der Waals surface area contributed by atoms with Gasteiger partial charge in [-0.15, -0.1) is 0 Å². The Balaban J connectivity index is 2.05. The highest BCUT2D eigenvalue weighted by molar-refractivity contribution is 6.62. The van der Waals surface area contributed by atoms with Gasteiger partial charge in [0.25, 0.3) is 0 Å². The highest BCUT2D eigenvalue weighted by Crippen LogP contribution is 2.37. The van der Waals surface area contributed by atoms with E-state index < -0.39 is 9.04 Å². The predicted octanol–water partition coefficient (Wildman–Crippen LogP) is 3.51.